The van der Waals surface area contributed by atoms with Crippen molar-refractivity contribution in [1.82, 2.24) is 14.9 Å². The number of benzene rings is 2. The maximum Gasteiger partial charge on any atom is 0.212 e. The third-order valence-electron chi connectivity index (χ3n) is 3.80. The summed E-state index contributed by atoms with van der Waals surface area (Å²) >= 11 is 1.59. The van der Waals surface area contributed by atoms with E-state index in [4.69, 9.17) is 9.47 Å². The lowest BCUT2D eigenvalue weighted by atomic mass is 10.2. The third-order valence-corrected chi connectivity index (χ3v) is 4.81. The maximum absolute atomic E-state index is 5.79. The summed E-state index contributed by atoms with van der Waals surface area (Å²) in [5, 5.41) is 13.3. The minimum absolute atomic E-state index is 0.450. The van der Waals surface area contributed by atoms with Gasteiger partial charge in [-0.15, -0.1) is 10.2 Å². The van der Waals surface area contributed by atoms with Crippen LogP contribution in [0.2, 0.25) is 0 Å². The van der Waals surface area contributed by atoms with Crippen LogP contribution in [0, 0.1) is 5.92 Å². The summed E-state index contributed by atoms with van der Waals surface area (Å²) in [5.41, 5.74) is 2.13. The molecule has 0 radical (unpaired) electrons. The summed E-state index contributed by atoms with van der Waals surface area (Å²) in [6.45, 7) is 4.87. The minimum Gasteiger partial charge on any atom is -0.493 e. The molecule has 0 aliphatic rings. The predicted octanol–water partition coefficient (Wildman–Crippen LogP) is 4.50. The summed E-state index contributed by atoms with van der Waals surface area (Å²) in [5.74, 6) is 2.68. The molecule has 3 rings (SSSR count). The van der Waals surface area contributed by atoms with E-state index < -0.39 is 0 Å². The third kappa shape index (κ3) is 5.60. The number of thioether (sulfide) groups is 1. The number of methoxy groups -OCH3 is 1. The lowest BCUT2D eigenvalue weighted by molar-refractivity contribution is 0.257. The smallest absolute Gasteiger partial charge is 0.212 e. The predicted molar refractivity (Wildman–Crippen MR) is 112 cm³/mol. The van der Waals surface area contributed by atoms with Crippen molar-refractivity contribution in [3.8, 4) is 11.5 Å². The molecule has 0 aliphatic heterocycles. The molecule has 1 aromatic heterocycles. The van der Waals surface area contributed by atoms with Gasteiger partial charge in [0, 0.05) is 5.75 Å². The Bertz CT molecular complexity index is 910. The number of ether oxygens (including phenoxy) is 2. The first-order chi connectivity index (χ1) is 13.7. The Balaban J connectivity index is 1.68. The van der Waals surface area contributed by atoms with Crippen LogP contribution in [-0.4, -0.2) is 34.8 Å². The SMILES string of the molecule is COc1cc(/C=N\n2cnnc2SCc2ccccc2)ccc1OCC(C)C. The van der Waals surface area contributed by atoms with E-state index >= 15 is 0 Å². The zero-order chi connectivity index (χ0) is 19.8. The van der Waals surface area contributed by atoms with Crippen LogP contribution in [0.25, 0.3) is 0 Å². The second kappa shape index (κ2) is 9.94. The van der Waals surface area contributed by atoms with Gasteiger partial charge in [0.15, 0.2) is 11.5 Å². The highest BCUT2D eigenvalue weighted by Crippen LogP contribution is 2.28. The van der Waals surface area contributed by atoms with Crippen LogP contribution in [0.1, 0.15) is 25.0 Å². The Morgan fingerprint density at radius 1 is 1.14 bits per heavy atom. The normalized spacial score (nSPS) is 11.3. The van der Waals surface area contributed by atoms with Crippen LogP contribution in [0.3, 0.4) is 0 Å². The van der Waals surface area contributed by atoms with Crippen molar-refractivity contribution in [3.63, 3.8) is 0 Å². The lowest BCUT2D eigenvalue weighted by Gasteiger charge is -2.12. The van der Waals surface area contributed by atoms with Crippen LogP contribution in [0.5, 0.6) is 11.5 Å². The molecule has 0 aliphatic carbocycles. The standard InChI is InChI=1S/C21H24N4O2S/c1-16(2)13-27-19-10-9-18(11-20(19)26-3)12-23-25-15-22-24-21(25)28-14-17-7-5-4-6-8-17/h4-12,15-16H,13-14H2,1-3H3/b23-12-. The molecule has 2 aromatic carbocycles. The molecule has 0 atom stereocenters. The van der Waals surface area contributed by atoms with Crippen molar-refractivity contribution in [1.29, 1.82) is 0 Å². The van der Waals surface area contributed by atoms with E-state index in [0.29, 0.717) is 18.3 Å². The molecule has 28 heavy (non-hydrogen) atoms. The molecule has 0 saturated heterocycles. The summed E-state index contributed by atoms with van der Waals surface area (Å²) in [6.07, 6.45) is 3.35. The van der Waals surface area contributed by atoms with Gasteiger partial charge in [-0.25, -0.2) is 0 Å². The molecule has 0 spiro atoms. The summed E-state index contributed by atoms with van der Waals surface area (Å²) in [7, 11) is 1.64. The van der Waals surface area contributed by atoms with Crippen molar-refractivity contribution in [2.75, 3.05) is 13.7 Å². The molecule has 6 nitrogen and oxygen atoms in total. The number of rotatable bonds is 9. The quantitative estimate of drug-likeness (QED) is 0.394. The molecule has 0 unspecified atom stereocenters. The fourth-order valence-electron chi connectivity index (χ4n) is 2.38. The molecule has 0 amide bonds. The molecule has 0 bridgehead atoms. The largest absolute Gasteiger partial charge is 0.493 e. The van der Waals surface area contributed by atoms with Gasteiger partial charge in [0.05, 0.1) is 19.9 Å². The number of hydrogen-bond donors (Lipinski definition) is 0. The van der Waals surface area contributed by atoms with Gasteiger partial charge in [0.1, 0.15) is 6.33 Å². The van der Waals surface area contributed by atoms with E-state index in [1.807, 2.05) is 36.4 Å². The Morgan fingerprint density at radius 3 is 2.71 bits per heavy atom. The molecule has 1 heterocycles. The zero-order valence-electron chi connectivity index (χ0n) is 16.3. The van der Waals surface area contributed by atoms with E-state index in [9.17, 15) is 0 Å². The van der Waals surface area contributed by atoms with Crippen molar-refractivity contribution in [2.24, 2.45) is 11.0 Å². The van der Waals surface area contributed by atoms with Crippen LogP contribution in [-0.2, 0) is 5.75 Å². The van der Waals surface area contributed by atoms with Crippen molar-refractivity contribution < 1.29 is 9.47 Å². The van der Waals surface area contributed by atoms with Crippen molar-refractivity contribution >= 4 is 18.0 Å². The Morgan fingerprint density at radius 2 is 1.96 bits per heavy atom. The molecule has 0 fully saturated rings. The van der Waals surface area contributed by atoms with Crippen molar-refractivity contribution in [3.05, 3.63) is 66.0 Å². The van der Waals surface area contributed by atoms with Crippen LogP contribution >= 0.6 is 11.8 Å². The van der Waals surface area contributed by atoms with Gasteiger partial charge < -0.3 is 9.47 Å². The van der Waals surface area contributed by atoms with Crippen LogP contribution in [0.15, 0.2) is 65.1 Å². The monoisotopic (exact) mass is 396 g/mol. The molecule has 0 N–H and O–H groups in total. The maximum atomic E-state index is 5.79. The van der Waals surface area contributed by atoms with Crippen LogP contribution in [0.4, 0.5) is 0 Å². The number of nitrogens with zero attached hydrogens (tertiary/aromatic N) is 4. The number of hydrogen-bond acceptors (Lipinski definition) is 6. The van der Waals surface area contributed by atoms with Gasteiger partial charge in [-0.2, -0.15) is 9.78 Å². The Kier molecular flexibility index (Phi) is 7.08. The second-order valence-electron chi connectivity index (χ2n) is 6.59. The van der Waals surface area contributed by atoms with E-state index in [1.54, 1.807) is 36.1 Å². The molecular formula is C21H24N4O2S. The zero-order valence-corrected chi connectivity index (χ0v) is 17.1. The molecule has 146 valence electrons. The Hall–Kier alpha value is -2.80. The highest BCUT2D eigenvalue weighted by atomic mass is 32.2. The Labute approximate surface area is 169 Å². The van der Waals surface area contributed by atoms with E-state index in [1.165, 1.54) is 5.56 Å². The molecule has 0 saturated carbocycles. The highest BCUT2D eigenvalue weighted by molar-refractivity contribution is 7.98. The molecule has 3 aromatic rings. The highest BCUT2D eigenvalue weighted by Gasteiger charge is 2.07. The van der Waals surface area contributed by atoms with Gasteiger partial charge in [-0.1, -0.05) is 55.9 Å². The van der Waals surface area contributed by atoms with Gasteiger partial charge in [-0.05, 0) is 35.2 Å². The van der Waals surface area contributed by atoms with Gasteiger partial charge in [-0.3, -0.25) is 0 Å². The van der Waals surface area contributed by atoms with Gasteiger partial charge in [0.2, 0.25) is 5.16 Å². The summed E-state index contributed by atoms with van der Waals surface area (Å²) < 4.78 is 12.9. The first kappa shape index (κ1) is 19.9. The average Bonchev–Trinajstić information content (AvgIpc) is 3.17. The summed E-state index contributed by atoms with van der Waals surface area (Å²) in [6, 6.07) is 16.0. The van der Waals surface area contributed by atoms with E-state index in [0.717, 1.165) is 22.2 Å². The lowest BCUT2D eigenvalue weighted by Crippen LogP contribution is -2.05. The van der Waals surface area contributed by atoms with E-state index in [2.05, 4.69) is 41.3 Å². The van der Waals surface area contributed by atoms with Crippen LogP contribution < -0.4 is 9.47 Å². The first-order valence-corrected chi connectivity index (χ1v) is 10.1. The average molecular weight is 397 g/mol. The van der Waals surface area contributed by atoms with Crippen molar-refractivity contribution in [2.45, 2.75) is 24.8 Å². The van der Waals surface area contributed by atoms with Gasteiger partial charge in [0.25, 0.3) is 0 Å². The first-order valence-electron chi connectivity index (χ1n) is 9.07. The second-order valence-corrected chi connectivity index (χ2v) is 7.53. The van der Waals surface area contributed by atoms with Gasteiger partial charge >= 0.3 is 0 Å². The minimum atomic E-state index is 0.450. The summed E-state index contributed by atoms with van der Waals surface area (Å²) in [4.78, 5) is 0. The fraction of sp³-hybridized carbons (Fsp3) is 0.286. The topological polar surface area (TPSA) is 61.5 Å². The van der Waals surface area contributed by atoms with E-state index in [-0.39, 0.29) is 0 Å². The molecule has 7 heteroatoms. The fourth-order valence-corrected chi connectivity index (χ4v) is 3.20. The number of aromatic nitrogens is 3. The molecular weight excluding hydrogens is 372 g/mol.